The number of hydrogen-bond acceptors (Lipinski definition) is 5. The van der Waals surface area contributed by atoms with Crippen LogP contribution in [0.3, 0.4) is 0 Å². The van der Waals surface area contributed by atoms with Gasteiger partial charge in [0.05, 0.1) is 0 Å². The van der Waals surface area contributed by atoms with E-state index in [1.807, 2.05) is 20.8 Å². The molecule has 0 bridgehead atoms. The third kappa shape index (κ3) is 3.52. The summed E-state index contributed by atoms with van der Waals surface area (Å²) < 4.78 is 28.3. The Morgan fingerprint density at radius 3 is 2.00 bits per heavy atom. The molecule has 1 aliphatic carbocycles. The van der Waals surface area contributed by atoms with Crippen molar-refractivity contribution in [2.24, 2.45) is 0 Å². The number of allylic oxidation sites excluding steroid dienone is 2. The summed E-state index contributed by atoms with van der Waals surface area (Å²) in [5.74, 6) is -1.06. The second kappa shape index (κ2) is 7.49. The minimum Gasteiger partial charge on any atom is -0.368 e. The fourth-order valence-corrected chi connectivity index (χ4v) is 4.47. The molecule has 1 aromatic carbocycles. The molecular weight excluding hydrogens is 340 g/mol. The highest BCUT2D eigenvalue weighted by molar-refractivity contribution is 7.94. The fourth-order valence-electron chi connectivity index (χ4n) is 2.82. The standard InChI is InChI=1S/C18H24N2O4S/c1-5-12(4)19-25(23,24)18-15(20(6-2)7-3)16(21)13-10-8-9-11-14(13)17(18)22/h8-12,19H,5-7H2,1-4H3. The molecule has 1 N–H and O–H groups in total. The number of hydrogen-bond donors (Lipinski definition) is 1. The molecule has 136 valence electrons. The Morgan fingerprint density at radius 1 is 1.00 bits per heavy atom. The molecule has 0 saturated carbocycles. The van der Waals surface area contributed by atoms with Crippen molar-refractivity contribution in [1.29, 1.82) is 0 Å². The Kier molecular flexibility index (Phi) is 5.80. The van der Waals surface area contributed by atoms with Gasteiger partial charge in [-0.1, -0.05) is 31.2 Å². The van der Waals surface area contributed by atoms with E-state index < -0.39 is 26.5 Å². The van der Waals surface area contributed by atoms with Crippen molar-refractivity contribution < 1.29 is 18.0 Å². The van der Waals surface area contributed by atoms with Gasteiger partial charge in [-0.2, -0.15) is 0 Å². The van der Waals surface area contributed by atoms with E-state index in [1.54, 1.807) is 30.0 Å². The van der Waals surface area contributed by atoms with Gasteiger partial charge in [0, 0.05) is 30.3 Å². The lowest BCUT2D eigenvalue weighted by Gasteiger charge is -2.29. The molecule has 1 atom stereocenters. The minimum absolute atomic E-state index is 0.0375. The summed E-state index contributed by atoms with van der Waals surface area (Å²) in [7, 11) is -4.12. The molecular formula is C18H24N2O4S. The molecule has 6 nitrogen and oxygen atoms in total. The van der Waals surface area contributed by atoms with Crippen molar-refractivity contribution in [3.8, 4) is 0 Å². The predicted molar refractivity (Wildman–Crippen MR) is 96.9 cm³/mol. The van der Waals surface area contributed by atoms with Crippen LogP contribution >= 0.6 is 0 Å². The van der Waals surface area contributed by atoms with Gasteiger partial charge in [-0.25, -0.2) is 13.1 Å². The number of carbonyl (C=O) groups excluding carboxylic acids is 2. The summed E-state index contributed by atoms with van der Waals surface area (Å²) in [6.45, 7) is 8.06. The molecule has 0 fully saturated rings. The topological polar surface area (TPSA) is 83.6 Å². The van der Waals surface area contributed by atoms with Gasteiger partial charge in [-0.05, 0) is 27.2 Å². The molecule has 0 amide bonds. The average Bonchev–Trinajstić information content (AvgIpc) is 2.59. The van der Waals surface area contributed by atoms with Gasteiger partial charge >= 0.3 is 0 Å². The summed E-state index contributed by atoms with van der Waals surface area (Å²) in [6, 6.07) is 6.01. The summed E-state index contributed by atoms with van der Waals surface area (Å²) in [5.41, 5.74) is 0.342. The van der Waals surface area contributed by atoms with E-state index in [4.69, 9.17) is 0 Å². The van der Waals surface area contributed by atoms with Gasteiger partial charge < -0.3 is 4.90 Å². The number of rotatable bonds is 7. The highest BCUT2D eigenvalue weighted by atomic mass is 32.2. The average molecular weight is 364 g/mol. The number of Topliss-reactive ketones (excluding diaryl/α,β-unsaturated/α-hetero) is 2. The van der Waals surface area contributed by atoms with Crippen LogP contribution in [-0.2, 0) is 10.0 Å². The van der Waals surface area contributed by atoms with E-state index in [0.29, 0.717) is 19.5 Å². The molecule has 1 aliphatic rings. The second-order valence-corrected chi connectivity index (χ2v) is 7.64. The van der Waals surface area contributed by atoms with Gasteiger partial charge in [0.15, 0.2) is 4.91 Å². The number of fused-ring (bicyclic) bond motifs is 1. The first-order valence-electron chi connectivity index (χ1n) is 8.48. The zero-order valence-electron chi connectivity index (χ0n) is 15.0. The zero-order chi connectivity index (χ0) is 18.8. The van der Waals surface area contributed by atoms with Crippen molar-refractivity contribution in [2.45, 2.75) is 40.2 Å². The molecule has 0 aliphatic heterocycles. The normalized spacial score (nSPS) is 16.0. The molecule has 7 heteroatoms. The van der Waals surface area contributed by atoms with Gasteiger partial charge in [0.25, 0.3) is 0 Å². The summed E-state index contributed by atoms with van der Waals surface area (Å²) >= 11 is 0. The Bertz CT molecular complexity index is 823. The number of nitrogens with one attached hydrogen (secondary N) is 1. The van der Waals surface area contributed by atoms with Crippen LogP contribution < -0.4 is 4.72 Å². The van der Waals surface area contributed by atoms with E-state index in [2.05, 4.69) is 4.72 Å². The van der Waals surface area contributed by atoms with Crippen molar-refractivity contribution >= 4 is 21.6 Å². The maximum absolute atomic E-state index is 13.0. The molecule has 0 spiro atoms. The zero-order valence-corrected chi connectivity index (χ0v) is 15.8. The minimum atomic E-state index is -4.12. The van der Waals surface area contributed by atoms with Gasteiger partial charge in [0.1, 0.15) is 5.70 Å². The number of likely N-dealkylation sites (N-methyl/N-ethyl adjacent to an activating group) is 1. The van der Waals surface area contributed by atoms with E-state index in [9.17, 15) is 18.0 Å². The highest BCUT2D eigenvalue weighted by Gasteiger charge is 2.41. The number of carbonyl (C=O) groups is 2. The molecule has 0 heterocycles. The van der Waals surface area contributed by atoms with Gasteiger partial charge in [-0.15, -0.1) is 0 Å². The number of benzene rings is 1. The predicted octanol–water partition coefficient (Wildman–Crippen LogP) is 2.34. The monoisotopic (exact) mass is 364 g/mol. The van der Waals surface area contributed by atoms with Crippen molar-refractivity contribution in [3.63, 3.8) is 0 Å². The molecule has 1 unspecified atom stereocenters. The summed E-state index contributed by atoms with van der Waals surface area (Å²) in [5, 5.41) is 0. The number of nitrogens with zero attached hydrogens (tertiary/aromatic N) is 1. The van der Waals surface area contributed by atoms with Crippen LogP contribution in [0, 0.1) is 0 Å². The van der Waals surface area contributed by atoms with Crippen LogP contribution in [-0.4, -0.2) is 44.0 Å². The molecule has 1 aromatic rings. The lowest BCUT2D eigenvalue weighted by atomic mass is 9.92. The van der Waals surface area contributed by atoms with Crippen molar-refractivity contribution in [3.05, 3.63) is 46.0 Å². The molecule has 0 saturated heterocycles. The Balaban J connectivity index is 2.74. The van der Waals surface area contributed by atoms with Crippen LogP contribution in [0.2, 0.25) is 0 Å². The maximum Gasteiger partial charge on any atom is 0.246 e. The third-order valence-corrected chi connectivity index (χ3v) is 6.00. The smallest absolute Gasteiger partial charge is 0.246 e. The molecule has 25 heavy (non-hydrogen) atoms. The van der Waals surface area contributed by atoms with E-state index in [1.165, 1.54) is 6.07 Å². The Morgan fingerprint density at radius 2 is 1.52 bits per heavy atom. The summed E-state index contributed by atoms with van der Waals surface area (Å²) in [4.78, 5) is 27.1. The summed E-state index contributed by atoms with van der Waals surface area (Å²) in [6.07, 6.45) is 0.575. The van der Waals surface area contributed by atoms with Crippen LogP contribution in [0.15, 0.2) is 34.9 Å². The molecule has 0 aromatic heterocycles. The molecule has 2 rings (SSSR count). The first kappa shape index (κ1) is 19.3. The van der Waals surface area contributed by atoms with Crippen LogP contribution in [0.25, 0.3) is 0 Å². The molecule has 0 radical (unpaired) electrons. The van der Waals surface area contributed by atoms with E-state index >= 15 is 0 Å². The van der Waals surface area contributed by atoms with Crippen molar-refractivity contribution in [1.82, 2.24) is 9.62 Å². The lowest BCUT2D eigenvalue weighted by molar-refractivity contribution is 0.0949. The fraction of sp³-hybridized carbons (Fsp3) is 0.444. The number of sulfonamides is 1. The second-order valence-electron chi connectivity index (χ2n) is 5.98. The highest BCUT2D eigenvalue weighted by Crippen LogP contribution is 2.31. The van der Waals surface area contributed by atoms with Gasteiger partial charge in [0.2, 0.25) is 21.6 Å². The van der Waals surface area contributed by atoms with Gasteiger partial charge in [-0.3, -0.25) is 9.59 Å². The van der Waals surface area contributed by atoms with Crippen LogP contribution in [0.5, 0.6) is 0 Å². The lowest BCUT2D eigenvalue weighted by Crippen LogP contribution is -2.41. The van der Waals surface area contributed by atoms with E-state index in [0.717, 1.165) is 0 Å². The largest absolute Gasteiger partial charge is 0.368 e. The maximum atomic E-state index is 13.0. The Hall–Kier alpha value is -1.99. The van der Waals surface area contributed by atoms with E-state index in [-0.39, 0.29) is 22.9 Å². The van der Waals surface area contributed by atoms with Crippen LogP contribution in [0.1, 0.15) is 54.8 Å². The number of ketones is 2. The van der Waals surface area contributed by atoms with Crippen molar-refractivity contribution in [2.75, 3.05) is 13.1 Å². The SMILES string of the molecule is CCC(C)NS(=O)(=O)C1=C(N(CC)CC)C(=O)c2ccccc2C1=O. The van der Waals surface area contributed by atoms with Crippen LogP contribution in [0.4, 0.5) is 0 Å². The Labute approximate surface area is 149 Å². The first-order chi connectivity index (χ1) is 11.8. The first-order valence-corrected chi connectivity index (χ1v) is 9.96. The quantitative estimate of drug-likeness (QED) is 0.803. The third-order valence-electron chi connectivity index (χ3n) is 4.37.